The van der Waals surface area contributed by atoms with E-state index < -0.39 is 0 Å². The Balaban J connectivity index is 1.78. The maximum atomic E-state index is 6.25. The fourth-order valence-electron chi connectivity index (χ4n) is 3.01. The molecule has 0 spiro atoms. The van der Waals surface area contributed by atoms with Crippen LogP contribution in [0, 0.1) is 0 Å². The Labute approximate surface area is 133 Å². The van der Waals surface area contributed by atoms with Crippen LogP contribution >= 0.6 is 11.6 Å². The van der Waals surface area contributed by atoms with E-state index in [2.05, 4.69) is 12.6 Å². The average Bonchev–Trinajstić information content (AvgIpc) is 2.75. The van der Waals surface area contributed by atoms with E-state index in [1.807, 2.05) is 18.2 Å². The molecule has 1 aliphatic rings. The number of para-hydroxylation sites is 1. The number of likely N-dealkylation sites (tertiary alicyclic amines) is 1. The maximum Gasteiger partial charge on any atom is 0.141 e. The SMILES string of the molecule is C=CCc1cccc(Cl)c1OCCC[NH+]1CCCCCC1. The Hall–Kier alpha value is -0.990. The number of hydrogen-bond donors (Lipinski definition) is 1. The molecule has 21 heavy (non-hydrogen) atoms. The summed E-state index contributed by atoms with van der Waals surface area (Å²) in [7, 11) is 0. The van der Waals surface area contributed by atoms with Gasteiger partial charge in [-0.05, 0) is 43.7 Å². The lowest BCUT2D eigenvalue weighted by molar-refractivity contribution is -0.899. The summed E-state index contributed by atoms with van der Waals surface area (Å²) in [5.74, 6) is 0.838. The lowest BCUT2D eigenvalue weighted by Gasteiger charge is -2.17. The molecule has 1 aromatic carbocycles. The van der Waals surface area contributed by atoms with Crippen molar-refractivity contribution in [3.05, 3.63) is 41.4 Å². The van der Waals surface area contributed by atoms with Gasteiger partial charge in [0.2, 0.25) is 0 Å². The molecule has 0 radical (unpaired) electrons. The van der Waals surface area contributed by atoms with Crippen LogP contribution in [-0.4, -0.2) is 26.2 Å². The zero-order valence-electron chi connectivity index (χ0n) is 12.9. The highest BCUT2D eigenvalue weighted by molar-refractivity contribution is 6.32. The van der Waals surface area contributed by atoms with Crippen molar-refractivity contribution in [2.24, 2.45) is 0 Å². The molecule has 1 saturated heterocycles. The second-order valence-electron chi connectivity index (χ2n) is 5.84. The normalized spacial score (nSPS) is 16.4. The van der Waals surface area contributed by atoms with Crippen LogP contribution in [0.3, 0.4) is 0 Å². The molecule has 1 aromatic rings. The van der Waals surface area contributed by atoms with Gasteiger partial charge in [-0.2, -0.15) is 0 Å². The minimum atomic E-state index is 0.705. The van der Waals surface area contributed by atoms with Crippen molar-refractivity contribution in [3.8, 4) is 5.75 Å². The summed E-state index contributed by atoms with van der Waals surface area (Å²) in [5, 5.41) is 0.705. The minimum Gasteiger partial charge on any atom is -0.491 e. The van der Waals surface area contributed by atoms with Crippen molar-refractivity contribution >= 4 is 11.6 Å². The molecule has 0 amide bonds. The van der Waals surface area contributed by atoms with Gasteiger partial charge in [0.1, 0.15) is 5.75 Å². The highest BCUT2D eigenvalue weighted by atomic mass is 35.5. The van der Waals surface area contributed by atoms with Crippen LogP contribution in [0.15, 0.2) is 30.9 Å². The van der Waals surface area contributed by atoms with Crippen LogP contribution in [0.4, 0.5) is 0 Å². The highest BCUT2D eigenvalue weighted by Crippen LogP contribution is 2.29. The first-order chi connectivity index (χ1) is 10.3. The van der Waals surface area contributed by atoms with Gasteiger partial charge in [0.25, 0.3) is 0 Å². The van der Waals surface area contributed by atoms with Crippen molar-refractivity contribution in [1.29, 1.82) is 0 Å². The third-order valence-corrected chi connectivity index (χ3v) is 4.44. The minimum absolute atomic E-state index is 0.705. The van der Waals surface area contributed by atoms with Crippen LogP contribution in [0.5, 0.6) is 5.75 Å². The molecular weight excluding hydrogens is 282 g/mol. The lowest BCUT2D eigenvalue weighted by Crippen LogP contribution is -3.11. The first kappa shape index (κ1) is 16.4. The summed E-state index contributed by atoms with van der Waals surface area (Å²) < 4.78 is 5.95. The molecule has 0 atom stereocenters. The van der Waals surface area contributed by atoms with Crippen LogP contribution in [-0.2, 0) is 6.42 Å². The molecule has 0 aromatic heterocycles. The fourth-order valence-corrected chi connectivity index (χ4v) is 3.26. The molecule has 2 nitrogen and oxygen atoms in total. The van der Waals surface area contributed by atoms with Crippen LogP contribution in [0.1, 0.15) is 37.7 Å². The molecule has 0 aliphatic carbocycles. The van der Waals surface area contributed by atoms with Crippen molar-refractivity contribution < 1.29 is 9.64 Å². The molecule has 0 unspecified atom stereocenters. The van der Waals surface area contributed by atoms with E-state index >= 15 is 0 Å². The van der Waals surface area contributed by atoms with Crippen molar-refractivity contribution in [2.75, 3.05) is 26.2 Å². The standard InChI is InChI=1S/C18H26ClNO/c1-2-9-16-10-7-11-17(19)18(16)21-15-8-14-20-12-5-3-4-6-13-20/h2,7,10-11H,1,3-6,8-9,12-15H2/p+1. The molecule has 0 saturated carbocycles. The van der Waals surface area contributed by atoms with Crippen molar-refractivity contribution in [3.63, 3.8) is 0 Å². The fraction of sp³-hybridized carbons (Fsp3) is 0.556. The number of hydrogen-bond acceptors (Lipinski definition) is 1. The zero-order chi connectivity index (χ0) is 14.9. The van der Waals surface area contributed by atoms with Gasteiger partial charge in [0.05, 0.1) is 31.3 Å². The molecule has 2 rings (SSSR count). The van der Waals surface area contributed by atoms with E-state index in [4.69, 9.17) is 16.3 Å². The average molecular weight is 309 g/mol. The predicted molar refractivity (Wildman–Crippen MR) is 89.5 cm³/mol. The smallest absolute Gasteiger partial charge is 0.141 e. The third-order valence-electron chi connectivity index (χ3n) is 4.14. The zero-order valence-corrected chi connectivity index (χ0v) is 13.6. The van der Waals surface area contributed by atoms with Crippen LogP contribution in [0.25, 0.3) is 0 Å². The molecule has 116 valence electrons. The second kappa shape index (κ2) is 9.11. The van der Waals surface area contributed by atoms with E-state index in [0.29, 0.717) is 5.02 Å². The predicted octanol–water partition coefficient (Wildman–Crippen LogP) is 3.30. The Bertz CT molecular complexity index is 439. The lowest BCUT2D eigenvalue weighted by atomic mass is 10.1. The Morgan fingerprint density at radius 2 is 1.95 bits per heavy atom. The third kappa shape index (κ3) is 5.37. The van der Waals surface area contributed by atoms with E-state index in [1.165, 1.54) is 45.3 Å². The maximum absolute atomic E-state index is 6.25. The van der Waals surface area contributed by atoms with Gasteiger partial charge < -0.3 is 9.64 Å². The highest BCUT2D eigenvalue weighted by Gasteiger charge is 2.12. The Morgan fingerprint density at radius 1 is 1.19 bits per heavy atom. The largest absolute Gasteiger partial charge is 0.491 e. The van der Waals surface area contributed by atoms with E-state index in [9.17, 15) is 0 Å². The first-order valence-corrected chi connectivity index (χ1v) is 8.53. The number of halogens is 1. The molecule has 1 aliphatic heterocycles. The summed E-state index contributed by atoms with van der Waals surface area (Å²) in [6, 6.07) is 5.92. The topological polar surface area (TPSA) is 13.7 Å². The second-order valence-corrected chi connectivity index (χ2v) is 6.24. The molecular formula is C18H27ClNO+. The van der Waals surface area contributed by atoms with Gasteiger partial charge in [-0.15, -0.1) is 6.58 Å². The molecule has 1 fully saturated rings. The van der Waals surface area contributed by atoms with Crippen molar-refractivity contribution in [1.82, 2.24) is 0 Å². The Kier molecular flexibility index (Phi) is 7.11. The van der Waals surface area contributed by atoms with Gasteiger partial charge in [0.15, 0.2) is 0 Å². The van der Waals surface area contributed by atoms with Gasteiger partial charge in [-0.3, -0.25) is 0 Å². The van der Waals surface area contributed by atoms with Crippen LogP contribution < -0.4 is 9.64 Å². The summed E-state index contributed by atoms with van der Waals surface area (Å²) in [4.78, 5) is 1.74. The molecule has 3 heteroatoms. The Morgan fingerprint density at radius 3 is 2.67 bits per heavy atom. The van der Waals surface area contributed by atoms with Gasteiger partial charge in [-0.1, -0.05) is 29.8 Å². The summed E-state index contributed by atoms with van der Waals surface area (Å²) in [5.41, 5.74) is 1.12. The van der Waals surface area contributed by atoms with Gasteiger partial charge >= 0.3 is 0 Å². The van der Waals surface area contributed by atoms with E-state index in [-0.39, 0.29) is 0 Å². The van der Waals surface area contributed by atoms with Crippen LogP contribution in [0.2, 0.25) is 5.02 Å². The first-order valence-electron chi connectivity index (χ1n) is 8.16. The monoisotopic (exact) mass is 308 g/mol. The summed E-state index contributed by atoms with van der Waals surface area (Å²) in [6.07, 6.45) is 9.35. The number of rotatable bonds is 7. The number of nitrogens with one attached hydrogen (secondary N) is 1. The van der Waals surface area contributed by atoms with Gasteiger partial charge in [0, 0.05) is 6.42 Å². The molecule has 1 heterocycles. The summed E-state index contributed by atoms with van der Waals surface area (Å²) >= 11 is 6.25. The molecule has 1 N–H and O–H groups in total. The molecule has 0 bridgehead atoms. The number of ether oxygens (including phenoxy) is 1. The van der Waals surface area contributed by atoms with E-state index in [0.717, 1.165) is 30.8 Å². The quantitative estimate of drug-likeness (QED) is 0.603. The van der Waals surface area contributed by atoms with Gasteiger partial charge in [-0.25, -0.2) is 0 Å². The van der Waals surface area contributed by atoms with Crippen molar-refractivity contribution in [2.45, 2.75) is 38.5 Å². The number of allylic oxidation sites excluding steroid dienone is 1. The van der Waals surface area contributed by atoms with E-state index in [1.54, 1.807) is 4.90 Å². The number of quaternary nitrogens is 1. The number of benzene rings is 1. The summed E-state index contributed by atoms with van der Waals surface area (Å²) in [6.45, 7) is 8.40.